The molecule has 2 aromatic rings. The SMILES string of the molecule is NCc1cnccc1Oc1ccc(Br)cc1F. The summed E-state index contributed by atoms with van der Waals surface area (Å²) >= 11 is 3.18. The zero-order chi connectivity index (χ0) is 12.3. The predicted octanol–water partition coefficient (Wildman–Crippen LogP) is 3.23. The molecule has 2 rings (SSSR count). The van der Waals surface area contributed by atoms with Crippen molar-refractivity contribution in [2.75, 3.05) is 0 Å². The average molecular weight is 297 g/mol. The zero-order valence-electron chi connectivity index (χ0n) is 8.86. The fourth-order valence-corrected chi connectivity index (χ4v) is 1.68. The largest absolute Gasteiger partial charge is 0.454 e. The van der Waals surface area contributed by atoms with Gasteiger partial charge in [0.15, 0.2) is 11.6 Å². The van der Waals surface area contributed by atoms with Gasteiger partial charge in [-0.2, -0.15) is 0 Å². The van der Waals surface area contributed by atoms with Gasteiger partial charge in [-0.15, -0.1) is 0 Å². The number of hydrogen-bond acceptors (Lipinski definition) is 3. The van der Waals surface area contributed by atoms with E-state index in [2.05, 4.69) is 20.9 Å². The highest BCUT2D eigenvalue weighted by molar-refractivity contribution is 9.10. The highest BCUT2D eigenvalue weighted by Gasteiger charge is 2.08. The summed E-state index contributed by atoms with van der Waals surface area (Å²) in [4.78, 5) is 3.93. The molecule has 0 fully saturated rings. The van der Waals surface area contributed by atoms with E-state index in [4.69, 9.17) is 10.5 Å². The van der Waals surface area contributed by atoms with Gasteiger partial charge >= 0.3 is 0 Å². The summed E-state index contributed by atoms with van der Waals surface area (Å²) in [5.74, 6) is 0.247. The van der Waals surface area contributed by atoms with Crippen molar-refractivity contribution in [1.82, 2.24) is 4.98 Å². The van der Waals surface area contributed by atoms with Crippen LogP contribution in [-0.2, 0) is 6.54 Å². The number of aromatic nitrogens is 1. The second kappa shape index (κ2) is 5.25. The van der Waals surface area contributed by atoms with Crippen molar-refractivity contribution in [2.45, 2.75) is 6.54 Å². The van der Waals surface area contributed by atoms with E-state index < -0.39 is 5.82 Å². The third-order valence-corrected chi connectivity index (χ3v) is 2.69. The fourth-order valence-electron chi connectivity index (χ4n) is 1.34. The molecule has 5 heteroatoms. The lowest BCUT2D eigenvalue weighted by atomic mass is 10.2. The maximum Gasteiger partial charge on any atom is 0.166 e. The van der Waals surface area contributed by atoms with Gasteiger partial charge in [0.25, 0.3) is 0 Å². The van der Waals surface area contributed by atoms with Gasteiger partial charge in [0.1, 0.15) is 5.75 Å². The second-order valence-corrected chi connectivity index (χ2v) is 4.28. The standard InChI is InChI=1S/C12H10BrFN2O/c13-9-1-2-12(10(14)5-9)17-11-3-4-16-7-8(11)6-15/h1-5,7H,6,15H2. The summed E-state index contributed by atoms with van der Waals surface area (Å²) in [5.41, 5.74) is 6.28. The molecular weight excluding hydrogens is 287 g/mol. The lowest BCUT2D eigenvalue weighted by Gasteiger charge is -2.10. The van der Waals surface area contributed by atoms with Crippen LogP contribution in [0.1, 0.15) is 5.56 Å². The Bertz CT molecular complexity index is 534. The molecule has 0 saturated heterocycles. The van der Waals surface area contributed by atoms with Crippen molar-refractivity contribution in [3.05, 3.63) is 52.5 Å². The number of pyridine rings is 1. The Hall–Kier alpha value is -1.46. The molecule has 88 valence electrons. The lowest BCUT2D eigenvalue weighted by molar-refractivity contribution is 0.437. The summed E-state index contributed by atoms with van der Waals surface area (Å²) in [5, 5.41) is 0. The normalized spacial score (nSPS) is 10.3. The third kappa shape index (κ3) is 2.81. The van der Waals surface area contributed by atoms with Crippen LogP contribution in [-0.4, -0.2) is 4.98 Å². The molecule has 0 saturated carbocycles. The van der Waals surface area contributed by atoms with Gasteiger partial charge in [-0.1, -0.05) is 15.9 Å². The molecule has 0 aliphatic carbocycles. The van der Waals surface area contributed by atoms with E-state index in [1.807, 2.05) is 0 Å². The number of rotatable bonds is 3. The summed E-state index contributed by atoms with van der Waals surface area (Å²) in [6, 6.07) is 6.27. The summed E-state index contributed by atoms with van der Waals surface area (Å²) < 4.78 is 19.7. The molecule has 1 aromatic carbocycles. The van der Waals surface area contributed by atoms with E-state index in [9.17, 15) is 4.39 Å². The van der Waals surface area contributed by atoms with Crippen LogP contribution < -0.4 is 10.5 Å². The molecule has 0 amide bonds. The van der Waals surface area contributed by atoms with Crippen molar-refractivity contribution < 1.29 is 9.13 Å². The van der Waals surface area contributed by atoms with Crippen LogP contribution in [0.2, 0.25) is 0 Å². The minimum absolute atomic E-state index is 0.161. The molecule has 1 heterocycles. The van der Waals surface area contributed by atoms with Crippen LogP contribution in [0.15, 0.2) is 41.1 Å². The first-order valence-corrected chi connectivity index (χ1v) is 5.76. The summed E-state index contributed by atoms with van der Waals surface area (Å²) in [6.07, 6.45) is 3.18. The Morgan fingerprint density at radius 1 is 1.29 bits per heavy atom. The molecule has 1 aromatic heterocycles. The first-order valence-electron chi connectivity index (χ1n) is 4.96. The Balaban J connectivity index is 2.31. The molecule has 0 radical (unpaired) electrons. The van der Waals surface area contributed by atoms with Crippen LogP contribution >= 0.6 is 15.9 Å². The molecular formula is C12H10BrFN2O. The Morgan fingerprint density at radius 3 is 2.82 bits per heavy atom. The highest BCUT2D eigenvalue weighted by Crippen LogP contribution is 2.28. The van der Waals surface area contributed by atoms with Crippen LogP contribution in [0.3, 0.4) is 0 Å². The quantitative estimate of drug-likeness (QED) is 0.946. The van der Waals surface area contributed by atoms with Crippen LogP contribution in [0, 0.1) is 5.82 Å². The van der Waals surface area contributed by atoms with Crippen molar-refractivity contribution in [3.63, 3.8) is 0 Å². The average Bonchev–Trinajstić information content (AvgIpc) is 2.33. The molecule has 0 unspecified atom stereocenters. The first-order chi connectivity index (χ1) is 8.20. The van der Waals surface area contributed by atoms with E-state index in [1.165, 1.54) is 6.07 Å². The minimum Gasteiger partial charge on any atom is -0.454 e. The van der Waals surface area contributed by atoms with E-state index in [0.29, 0.717) is 16.8 Å². The van der Waals surface area contributed by atoms with Crippen LogP contribution in [0.4, 0.5) is 4.39 Å². The van der Waals surface area contributed by atoms with Crippen LogP contribution in [0.25, 0.3) is 0 Å². The third-order valence-electron chi connectivity index (χ3n) is 2.19. The van der Waals surface area contributed by atoms with Crippen LogP contribution in [0.5, 0.6) is 11.5 Å². The van der Waals surface area contributed by atoms with Crippen molar-refractivity contribution in [2.24, 2.45) is 5.73 Å². The molecule has 0 spiro atoms. The smallest absolute Gasteiger partial charge is 0.166 e. The van der Waals surface area contributed by atoms with Gasteiger partial charge in [0.2, 0.25) is 0 Å². The van der Waals surface area contributed by atoms with E-state index in [-0.39, 0.29) is 5.75 Å². The van der Waals surface area contributed by atoms with Crippen molar-refractivity contribution >= 4 is 15.9 Å². The number of ether oxygens (including phenoxy) is 1. The molecule has 17 heavy (non-hydrogen) atoms. The summed E-state index contributed by atoms with van der Waals surface area (Å²) in [7, 11) is 0. The van der Waals surface area contributed by atoms with Gasteiger partial charge in [-0.3, -0.25) is 4.98 Å². The predicted molar refractivity (Wildman–Crippen MR) is 66.3 cm³/mol. The minimum atomic E-state index is -0.431. The Kier molecular flexibility index (Phi) is 3.71. The topological polar surface area (TPSA) is 48.1 Å². The van der Waals surface area contributed by atoms with Crippen molar-refractivity contribution in [1.29, 1.82) is 0 Å². The van der Waals surface area contributed by atoms with E-state index >= 15 is 0 Å². The number of halogens is 2. The first kappa shape index (κ1) is 12.0. The highest BCUT2D eigenvalue weighted by atomic mass is 79.9. The van der Waals surface area contributed by atoms with Gasteiger partial charge in [0, 0.05) is 29.0 Å². The molecule has 0 aliphatic heterocycles. The molecule has 0 bridgehead atoms. The summed E-state index contributed by atoms with van der Waals surface area (Å²) in [6.45, 7) is 0.293. The fraction of sp³-hybridized carbons (Fsp3) is 0.0833. The van der Waals surface area contributed by atoms with Gasteiger partial charge in [0.05, 0.1) is 0 Å². The van der Waals surface area contributed by atoms with E-state index in [0.717, 1.165) is 5.56 Å². The van der Waals surface area contributed by atoms with E-state index in [1.54, 1.807) is 30.6 Å². The monoisotopic (exact) mass is 296 g/mol. The maximum absolute atomic E-state index is 13.6. The number of hydrogen-bond donors (Lipinski definition) is 1. The number of nitrogens with two attached hydrogens (primary N) is 1. The molecule has 2 N–H and O–H groups in total. The van der Waals surface area contributed by atoms with Gasteiger partial charge < -0.3 is 10.5 Å². The van der Waals surface area contributed by atoms with Gasteiger partial charge in [-0.25, -0.2) is 4.39 Å². The molecule has 3 nitrogen and oxygen atoms in total. The molecule has 0 aliphatic rings. The Labute approximate surface area is 107 Å². The maximum atomic E-state index is 13.6. The second-order valence-electron chi connectivity index (χ2n) is 3.36. The zero-order valence-corrected chi connectivity index (χ0v) is 10.4. The van der Waals surface area contributed by atoms with Crippen molar-refractivity contribution in [3.8, 4) is 11.5 Å². The van der Waals surface area contributed by atoms with Gasteiger partial charge in [-0.05, 0) is 24.3 Å². The Morgan fingerprint density at radius 2 is 2.12 bits per heavy atom. The number of benzene rings is 1. The molecule has 0 atom stereocenters. The number of nitrogens with zero attached hydrogens (tertiary/aromatic N) is 1. The lowest BCUT2D eigenvalue weighted by Crippen LogP contribution is -2.00.